The van der Waals surface area contributed by atoms with Gasteiger partial charge in [-0.15, -0.1) is 0 Å². The Morgan fingerprint density at radius 2 is 2.00 bits per heavy atom. The number of hydrogen-bond donors (Lipinski definition) is 1. The van der Waals surface area contributed by atoms with E-state index in [4.69, 9.17) is 0 Å². The van der Waals surface area contributed by atoms with Crippen molar-refractivity contribution in [2.45, 2.75) is 38.6 Å². The highest BCUT2D eigenvalue weighted by Crippen LogP contribution is 2.19. The lowest BCUT2D eigenvalue weighted by Crippen LogP contribution is -2.34. The first-order valence-corrected chi connectivity index (χ1v) is 8.63. The quantitative estimate of drug-likeness (QED) is 0.802. The van der Waals surface area contributed by atoms with Crippen molar-refractivity contribution in [2.24, 2.45) is 5.92 Å². The summed E-state index contributed by atoms with van der Waals surface area (Å²) in [6.45, 7) is 7.79. The summed E-state index contributed by atoms with van der Waals surface area (Å²) in [5.74, 6) is 0.366. The fourth-order valence-electron chi connectivity index (χ4n) is 2.04. The minimum Gasteiger partial charge on any atom is -0.316 e. The summed E-state index contributed by atoms with van der Waals surface area (Å²) in [6, 6.07) is 7.16. The number of rotatable bonds is 8. The first kappa shape index (κ1) is 17.1. The van der Waals surface area contributed by atoms with Crippen LogP contribution in [-0.4, -0.2) is 32.9 Å². The lowest BCUT2D eigenvalue weighted by atomic mass is 10.1. The maximum Gasteiger partial charge on any atom is 0.243 e. The second kappa shape index (κ2) is 7.76. The molecule has 0 saturated heterocycles. The highest BCUT2D eigenvalue weighted by molar-refractivity contribution is 7.89. The zero-order valence-electron chi connectivity index (χ0n) is 12.9. The molecule has 0 radical (unpaired) electrons. The van der Waals surface area contributed by atoms with Gasteiger partial charge in [-0.25, -0.2) is 8.42 Å². The van der Waals surface area contributed by atoms with Crippen LogP contribution in [0.2, 0.25) is 0 Å². The van der Waals surface area contributed by atoms with Crippen LogP contribution in [0.3, 0.4) is 0 Å². The van der Waals surface area contributed by atoms with E-state index in [9.17, 15) is 8.42 Å². The fourth-order valence-corrected chi connectivity index (χ4v) is 3.68. The molecule has 1 N–H and O–H groups in total. The maximum atomic E-state index is 12.7. The monoisotopic (exact) mass is 298 g/mol. The van der Waals surface area contributed by atoms with Crippen molar-refractivity contribution in [3.05, 3.63) is 29.8 Å². The first-order valence-electron chi connectivity index (χ1n) is 7.19. The summed E-state index contributed by atoms with van der Waals surface area (Å²) < 4.78 is 26.9. The molecule has 0 saturated carbocycles. The van der Waals surface area contributed by atoms with Crippen LogP contribution in [0.25, 0.3) is 0 Å². The molecule has 0 aliphatic carbocycles. The van der Waals surface area contributed by atoms with Crippen molar-refractivity contribution >= 4 is 10.0 Å². The van der Waals surface area contributed by atoms with Gasteiger partial charge in [0, 0.05) is 19.6 Å². The van der Waals surface area contributed by atoms with Crippen molar-refractivity contribution in [2.75, 3.05) is 20.1 Å². The molecular formula is C15H26N2O2S. The molecule has 1 aromatic carbocycles. The van der Waals surface area contributed by atoms with E-state index in [1.807, 2.05) is 20.0 Å². The van der Waals surface area contributed by atoms with Crippen LogP contribution >= 0.6 is 0 Å². The van der Waals surface area contributed by atoms with Gasteiger partial charge < -0.3 is 5.32 Å². The van der Waals surface area contributed by atoms with Crippen LogP contribution in [0.5, 0.6) is 0 Å². The minimum absolute atomic E-state index is 0.366. The third kappa shape index (κ3) is 4.30. The molecule has 0 aliphatic heterocycles. The summed E-state index contributed by atoms with van der Waals surface area (Å²) in [4.78, 5) is 0.385. The normalized spacial score (nSPS) is 13.7. The van der Waals surface area contributed by atoms with Gasteiger partial charge in [0.25, 0.3) is 0 Å². The second-order valence-corrected chi connectivity index (χ2v) is 7.08. The van der Waals surface area contributed by atoms with Gasteiger partial charge in [-0.2, -0.15) is 4.31 Å². The van der Waals surface area contributed by atoms with E-state index >= 15 is 0 Å². The molecule has 0 fully saturated rings. The molecule has 114 valence electrons. The Bertz CT molecular complexity index is 514. The highest BCUT2D eigenvalue weighted by Gasteiger charge is 2.24. The van der Waals surface area contributed by atoms with Gasteiger partial charge in [0.2, 0.25) is 10.0 Å². The predicted molar refractivity (Wildman–Crippen MR) is 83.1 cm³/mol. The Morgan fingerprint density at radius 3 is 2.55 bits per heavy atom. The van der Waals surface area contributed by atoms with E-state index in [1.54, 1.807) is 22.5 Å². The summed E-state index contributed by atoms with van der Waals surface area (Å²) in [5.41, 5.74) is 0.980. The first-order chi connectivity index (χ1) is 9.45. The summed E-state index contributed by atoms with van der Waals surface area (Å²) >= 11 is 0. The Balaban J connectivity index is 3.04. The molecular weight excluding hydrogens is 272 g/mol. The number of benzene rings is 1. The number of sulfonamides is 1. The standard InChI is InChI=1S/C15H26N2O2S/c1-5-13(3)12-17(6-2)20(18,19)15-9-7-8-14(10-15)11-16-4/h7-10,13,16H,5-6,11-12H2,1-4H3. The molecule has 0 amide bonds. The Hall–Kier alpha value is -0.910. The maximum absolute atomic E-state index is 12.7. The SMILES string of the molecule is CCC(C)CN(CC)S(=O)(=O)c1cccc(CNC)c1. The van der Waals surface area contributed by atoms with Crippen LogP contribution in [0.4, 0.5) is 0 Å². The van der Waals surface area contributed by atoms with Crippen LogP contribution in [0.15, 0.2) is 29.2 Å². The van der Waals surface area contributed by atoms with Gasteiger partial charge in [0.1, 0.15) is 0 Å². The molecule has 5 heteroatoms. The Morgan fingerprint density at radius 1 is 1.30 bits per heavy atom. The Labute approximate surface area is 123 Å². The molecule has 0 aromatic heterocycles. The highest BCUT2D eigenvalue weighted by atomic mass is 32.2. The van der Waals surface area contributed by atoms with E-state index < -0.39 is 10.0 Å². The average Bonchev–Trinajstić information content (AvgIpc) is 2.44. The van der Waals surface area contributed by atoms with Crippen LogP contribution in [0.1, 0.15) is 32.8 Å². The van der Waals surface area contributed by atoms with Gasteiger partial charge in [-0.3, -0.25) is 0 Å². The van der Waals surface area contributed by atoms with E-state index in [2.05, 4.69) is 19.2 Å². The van der Waals surface area contributed by atoms with Crippen molar-refractivity contribution in [3.8, 4) is 0 Å². The molecule has 0 heterocycles. The molecule has 4 nitrogen and oxygen atoms in total. The third-order valence-electron chi connectivity index (χ3n) is 3.48. The zero-order chi connectivity index (χ0) is 15.2. The van der Waals surface area contributed by atoms with Crippen molar-refractivity contribution < 1.29 is 8.42 Å². The molecule has 1 atom stereocenters. The van der Waals surface area contributed by atoms with Crippen molar-refractivity contribution in [3.63, 3.8) is 0 Å². The largest absolute Gasteiger partial charge is 0.316 e. The van der Waals surface area contributed by atoms with E-state index in [0.717, 1.165) is 12.0 Å². The van der Waals surface area contributed by atoms with E-state index in [0.29, 0.717) is 30.4 Å². The molecule has 1 aromatic rings. The van der Waals surface area contributed by atoms with Crippen LogP contribution in [-0.2, 0) is 16.6 Å². The minimum atomic E-state index is -3.39. The summed E-state index contributed by atoms with van der Waals surface area (Å²) in [5, 5.41) is 3.04. The van der Waals surface area contributed by atoms with Gasteiger partial charge in [-0.1, -0.05) is 39.3 Å². The van der Waals surface area contributed by atoms with Crippen molar-refractivity contribution in [1.82, 2.24) is 9.62 Å². The Kier molecular flexibility index (Phi) is 6.65. The van der Waals surface area contributed by atoms with Gasteiger partial charge in [0.05, 0.1) is 4.90 Å². The molecule has 0 spiro atoms. The van der Waals surface area contributed by atoms with E-state index in [1.165, 1.54) is 0 Å². The molecule has 1 rings (SSSR count). The lowest BCUT2D eigenvalue weighted by molar-refractivity contribution is 0.361. The lowest BCUT2D eigenvalue weighted by Gasteiger charge is -2.23. The van der Waals surface area contributed by atoms with E-state index in [-0.39, 0.29) is 0 Å². The van der Waals surface area contributed by atoms with Gasteiger partial charge in [0.15, 0.2) is 0 Å². The van der Waals surface area contributed by atoms with Crippen molar-refractivity contribution in [1.29, 1.82) is 0 Å². The fraction of sp³-hybridized carbons (Fsp3) is 0.600. The summed E-state index contributed by atoms with van der Waals surface area (Å²) in [7, 11) is -1.54. The topological polar surface area (TPSA) is 49.4 Å². The second-order valence-electron chi connectivity index (χ2n) is 5.15. The molecule has 1 unspecified atom stereocenters. The van der Waals surface area contributed by atoms with Gasteiger partial charge in [-0.05, 0) is 30.7 Å². The average molecular weight is 298 g/mol. The molecule has 20 heavy (non-hydrogen) atoms. The van der Waals surface area contributed by atoms with Gasteiger partial charge >= 0.3 is 0 Å². The van der Waals surface area contributed by atoms with Crippen LogP contribution in [0, 0.1) is 5.92 Å². The zero-order valence-corrected chi connectivity index (χ0v) is 13.7. The van der Waals surface area contributed by atoms with Crippen LogP contribution < -0.4 is 5.32 Å². The molecule has 0 aliphatic rings. The number of hydrogen-bond acceptors (Lipinski definition) is 3. The molecule has 0 bridgehead atoms. The third-order valence-corrected chi connectivity index (χ3v) is 5.42. The summed E-state index contributed by atoms with van der Waals surface area (Å²) in [6.07, 6.45) is 0.978. The number of nitrogens with zero attached hydrogens (tertiary/aromatic N) is 1. The number of nitrogens with one attached hydrogen (secondary N) is 1. The predicted octanol–water partition coefficient (Wildman–Crippen LogP) is 2.46. The smallest absolute Gasteiger partial charge is 0.243 e.